The predicted molar refractivity (Wildman–Crippen MR) is 89.9 cm³/mol. The first-order valence-electron chi connectivity index (χ1n) is 8.38. The monoisotopic (exact) mass is 321 g/mol. The lowest BCUT2D eigenvalue weighted by molar-refractivity contribution is 0.0185. The van der Waals surface area contributed by atoms with Gasteiger partial charge >= 0.3 is 6.09 Å². The molecule has 1 fully saturated rings. The zero-order valence-electron chi connectivity index (χ0n) is 14.8. The second-order valence-corrected chi connectivity index (χ2v) is 7.66. The Bertz CT molecular complexity index is 553. The lowest BCUT2D eigenvalue weighted by Gasteiger charge is -2.32. The Hall–Kier alpha value is -1.58. The number of ether oxygens (including phenoxy) is 1. The molecule has 0 aliphatic heterocycles. The maximum absolute atomic E-state index is 13.4. The van der Waals surface area contributed by atoms with Crippen molar-refractivity contribution in [2.45, 2.75) is 64.5 Å². The Morgan fingerprint density at radius 2 is 2.04 bits per heavy atom. The third kappa shape index (κ3) is 4.69. The summed E-state index contributed by atoms with van der Waals surface area (Å²) in [6.45, 7) is 7.69. The van der Waals surface area contributed by atoms with Crippen LogP contribution in [0, 0.1) is 11.7 Å². The van der Waals surface area contributed by atoms with E-state index in [-0.39, 0.29) is 18.0 Å². The Morgan fingerprint density at radius 3 is 2.65 bits per heavy atom. The van der Waals surface area contributed by atoms with Gasteiger partial charge in [-0.25, -0.2) is 9.18 Å². The number of rotatable bonds is 3. The average Bonchev–Trinajstić information content (AvgIpc) is 2.93. The number of halogens is 1. The number of nitrogens with zero attached hydrogens (tertiary/aromatic N) is 1. The number of hydrogen-bond donors (Lipinski definition) is 0. The summed E-state index contributed by atoms with van der Waals surface area (Å²) >= 11 is 0. The SMILES string of the molecule is C[C@@H]([C@H]1CC[C@@H](c2cccc(F)c2)C1)N(C)C(=O)OC(C)(C)C. The van der Waals surface area contributed by atoms with Gasteiger partial charge in [0, 0.05) is 13.1 Å². The van der Waals surface area contributed by atoms with E-state index in [0.717, 1.165) is 24.8 Å². The summed E-state index contributed by atoms with van der Waals surface area (Å²) in [5, 5.41) is 0. The molecule has 0 aromatic heterocycles. The molecule has 1 aromatic rings. The molecule has 128 valence electrons. The minimum atomic E-state index is -0.481. The van der Waals surface area contributed by atoms with Crippen molar-refractivity contribution in [1.82, 2.24) is 4.90 Å². The summed E-state index contributed by atoms with van der Waals surface area (Å²) in [4.78, 5) is 13.9. The quantitative estimate of drug-likeness (QED) is 0.787. The van der Waals surface area contributed by atoms with E-state index in [0.29, 0.717) is 11.8 Å². The first-order valence-corrected chi connectivity index (χ1v) is 8.38. The van der Waals surface area contributed by atoms with E-state index in [4.69, 9.17) is 4.74 Å². The summed E-state index contributed by atoms with van der Waals surface area (Å²) in [7, 11) is 1.80. The van der Waals surface area contributed by atoms with E-state index in [2.05, 4.69) is 6.92 Å². The van der Waals surface area contributed by atoms with Crippen LogP contribution in [0.3, 0.4) is 0 Å². The fourth-order valence-electron chi connectivity index (χ4n) is 3.33. The maximum Gasteiger partial charge on any atom is 0.410 e. The van der Waals surface area contributed by atoms with E-state index in [1.54, 1.807) is 24.1 Å². The van der Waals surface area contributed by atoms with Crippen molar-refractivity contribution in [2.24, 2.45) is 5.92 Å². The van der Waals surface area contributed by atoms with Crippen LogP contribution in [0.25, 0.3) is 0 Å². The highest BCUT2D eigenvalue weighted by atomic mass is 19.1. The normalized spacial score (nSPS) is 22.7. The van der Waals surface area contributed by atoms with Crippen molar-refractivity contribution >= 4 is 6.09 Å². The minimum Gasteiger partial charge on any atom is -0.444 e. The van der Waals surface area contributed by atoms with Crippen molar-refractivity contribution < 1.29 is 13.9 Å². The third-order valence-corrected chi connectivity index (χ3v) is 4.77. The van der Waals surface area contributed by atoms with E-state index < -0.39 is 5.60 Å². The van der Waals surface area contributed by atoms with Crippen LogP contribution in [-0.2, 0) is 4.74 Å². The van der Waals surface area contributed by atoms with Gasteiger partial charge in [-0.3, -0.25) is 0 Å². The number of carbonyl (C=O) groups excluding carboxylic acids is 1. The molecule has 2 rings (SSSR count). The fraction of sp³-hybridized carbons (Fsp3) is 0.632. The molecular formula is C19H28FNO2. The molecule has 0 bridgehead atoms. The molecule has 0 N–H and O–H groups in total. The van der Waals surface area contributed by atoms with Gasteiger partial charge in [-0.2, -0.15) is 0 Å². The first kappa shape index (κ1) is 17.8. The van der Waals surface area contributed by atoms with Gasteiger partial charge < -0.3 is 9.64 Å². The molecule has 1 saturated carbocycles. The molecule has 0 radical (unpaired) electrons. The van der Waals surface area contributed by atoms with Gasteiger partial charge in [0.25, 0.3) is 0 Å². The van der Waals surface area contributed by atoms with Crippen LogP contribution >= 0.6 is 0 Å². The van der Waals surface area contributed by atoms with Crippen molar-refractivity contribution in [1.29, 1.82) is 0 Å². The molecule has 1 aliphatic rings. The minimum absolute atomic E-state index is 0.114. The number of carbonyl (C=O) groups is 1. The number of amides is 1. The summed E-state index contributed by atoms with van der Waals surface area (Å²) in [6, 6.07) is 7.00. The number of hydrogen-bond acceptors (Lipinski definition) is 2. The van der Waals surface area contributed by atoms with E-state index >= 15 is 0 Å². The summed E-state index contributed by atoms with van der Waals surface area (Å²) in [6.07, 6.45) is 2.80. The fourth-order valence-corrected chi connectivity index (χ4v) is 3.33. The maximum atomic E-state index is 13.4. The molecule has 23 heavy (non-hydrogen) atoms. The van der Waals surface area contributed by atoms with Crippen molar-refractivity contribution in [2.75, 3.05) is 7.05 Å². The molecule has 0 unspecified atom stereocenters. The molecule has 3 nitrogen and oxygen atoms in total. The van der Waals surface area contributed by atoms with Gasteiger partial charge in [0.2, 0.25) is 0 Å². The first-order chi connectivity index (χ1) is 10.7. The molecule has 4 heteroatoms. The lowest BCUT2D eigenvalue weighted by Crippen LogP contribution is -2.42. The molecule has 1 amide bonds. The Labute approximate surface area is 138 Å². The predicted octanol–water partition coefficient (Wildman–Crippen LogP) is 4.96. The second-order valence-electron chi connectivity index (χ2n) is 7.66. The van der Waals surface area contributed by atoms with Gasteiger partial charge in [0.1, 0.15) is 11.4 Å². The standard InChI is InChI=1S/C19H28FNO2/c1-13(21(5)18(22)23-19(2,3)4)14-9-10-16(11-14)15-7-6-8-17(20)12-15/h6-8,12-14,16H,9-11H2,1-5H3/t13-,14-,16+/m0/s1. The van der Waals surface area contributed by atoms with Crippen LogP contribution in [-0.4, -0.2) is 29.7 Å². The molecule has 0 spiro atoms. The Kier molecular flexibility index (Phi) is 5.33. The molecule has 1 aromatic carbocycles. The van der Waals surface area contributed by atoms with Crippen LogP contribution < -0.4 is 0 Å². The summed E-state index contributed by atoms with van der Waals surface area (Å²) in [5.41, 5.74) is 0.588. The smallest absolute Gasteiger partial charge is 0.410 e. The molecule has 3 atom stereocenters. The van der Waals surface area contributed by atoms with Gasteiger partial charge in [0.15, 0.2) is 0 Å². The van der Waals surface area contributed by atoms with Crippen molar-refractivity contribution in [3.05, 3.63) is 35.6 Å². The average molecular weight is 321 g/mol. The van der Waals surface area contributed by atoms with Crippen LogP contribution in [0.15, 0.2) is 24.3 Å². The van der Waals surface area contributed by atoms with E-state index in [1.165, 1.54) is 6.07 Å². The van der Waals surface area contributed by atoms with Gasteiger partial charge in [0.05, 0.1) is 0 Å². The second kappa shape index (κ2) is 6.90. The summed E-state index contributed by atoms with van der Waals surface area (Å²) in [5.74, 6) is 0.621. The van der Waals surface area contributed by atoms with Gasteiger partial charge in [-0.15, -0.1) is 0 Å². The Balaban J connectivity index is 1.96. The van der Waals surface area contributed by atoms with Crippen molar-refractivity contribution in [3.63, 3.8) is 0 Å². The topological polar surface area (TPSA) is 29.5 Å². The zero-order valence-corrected chi connectivity index (χ0v) is 14.8. The van der Waals surface area contributed by atoms with Gasteiger partial charge in [-0.05, 0) is 76.5 Å². The molecule has 0 heterocycles. The van der Waals surface area contributed by atoms with Crippen LogP contribution in [0.5, 0.6) is 0 Å². The van der Waals surface area contributed by atoms with Gasteiger partial charge in [-0.1, -0.05) is 12.1 Å². The highest BCUT2D eigenvalue weighted by Crippen LogP contribution is 2.41. The highest BCUT2D eigenvalue weighted by Gasteiger charge is 2.34. The Morgan fingerprint density at radius 1 is 1.35 bits per heavy atom. The number of benzene rings is 1. The van der Waals surface area contributed by atoms with E-state index in [9.17, 15) is 9.18 Å². The van der Waals surface area contributed by atoms with Crippen LogP contribution in [0.2, 0.25) is 0 Å². The third-order valence-electron chi connectivity index (χ3n) is 4.77. The highest BCUT2D eigenvalue weighted by molar-refractivity contribution is 5.68. The van der Waals surface area contributed by atoms with Crippen LogP contribution in [0.4, 0.5) is 9.18 Å². The lowest BCUT2D eigenvalue weighted by atomic mass is 9.93. The molecular weight excluding hydrogens is 293 g/mol. The van der Waals surface area contributed by atoms with Crippen molar-refractivity contribution in [3.8, 4) is 0 Å². The largest absolute Gasteiger partial charge is 0.444 e. The molecule has 0 saturated heterocycles. The summed E-state index contributed by atoms with van der Waals surface area (Å²) < 4.78 is 18.8. The van der Waals surface area contributed by atoms with Crippen LogP contribution in [0.1, 0.15) is 58.4 Å². The zero-order chi connectivity index (χ0) is 17.2. The molecule has 1 aliphatic carbocycles. The van der Waals surface area contributed by atoms with E-state index in [1.807, 2.05) is 26.8 Å².